The summed E-state index contributed by atoms with van der Waals surface area (Å²) in [7, 11) is 1.58. The van der Waals surface area contributed by atoms with E-state index >= 15 is 0 Å². The molecular formula is C28H32N4O4. The van der Waals surface area contributed by atoms with Crippen LogP contribution in [0.1, 0.15) is 39.3 Å². The van der Waals surface area contributed by atoms with Crippen LogP contribution >= 0.6 is 0 Å². The number of nitriles is 1. The normalized spacial score (nSPS) is 17.9. The molecular weight excluding hydrogens is 456 g/mol. The van der Waals surface area contributed by atoms with Crippen molar-refractivity contribution in [3.05, 3.63) is 64.6 Å². The van der Waals surface area contributed by atoms with E-state index < -0.39 is 11.7 Å². The van der Waals surface area contributed by atoms with Gasteiger partial charge >= 0.3 is 6.09 Å². The van der Waals surface area contributed by atoms with Gasteiger partial charge in [-0.15, -0.1) is 0 Å². The molecule has 0 radical (unpaired) electrons. The number of carbonyl (C=O) groups excluding carboxylic acids is 1. The van der Waals surface area contributed by atoms with Crippen LogP contribution in [0.15, 0.2) is 53.3 Å². The number of alkyl carbamates (subject to hydrolysis) is 1. The summed E-state index contributed by atoms with van der Waals surface area (Å²) < 4.78 is 12.4. The van der Waals surface area contributed by atoms with Crippen LogP contribution in [0.3, 0.4) is 0 Å². The van der Waals surface area contributed by atoms with E-state index in [1.165, 1.54) is 0 Å². The molecule has 1 saturated heterocycles. The Labute approximate surface area is 210 Å². The highest BCUT2D eigenvalue weighted by atomic mass is 16.6. The maximum atomic E-state index is 13.6. The van der Waals surface area contributed by atoms with Gasteiger partial charge in [-0.1, -0.05) is 30.3 Å². The van der Waals surface area contributed by atoms with Gasteiger partial charge in [0, 0.05) is 35.0 Å². The first-order chi connectivity index (χ1) is 17.2. The quantitative estimate of drug-likeness (QED) is 0.558. The number of methoxy groups -OCH3 is 1. The maximum Gasteiger partial charge on any atom is 0.407 e. The zero-order valence-corrected chi connectivity index (χ0v) is 21.1. The lowest BCUT2D eigenvalue weighted by molar-refractivity contribution is 0.0489. The molecule has 1 aliphatic heterocycles. The van der Waals surface area contributed by atoms with Gasteiger partial charge in [0.05, 0.1) is 7.11 Å². The number of hydrogen-bond acceptors (Lipinski definition) is 6. The first-order valence-corrected chi connectivity index (χ1v) is 12.1. The highest BCUT2D eigenvalue weighted by Gasteiger charge is 2.27. The summed E-state index contributed by atoms with van der Waals surface area (Å²) in [6.07, 6.45) is 0.912. The first kappa shape index (κ1) is 25.3. The van der Waals surface area contributed by atoms with E-state index in [4.69, 9.17) is 9.47 Å². The van der Waals surface area contributed by atoms with Gasteiger partial charge in [0.25, 0.3) is 5.56 Å². The molecule has 0 aliphatic carbocycles. The average molecular weight is 489 g/mol. The van der Waals surface area contributed by atoms with E-state index in [2.05, 4.69) is 16.7 Å². The van der Waals surface area contributed by atoms with Crippen LogP contribution < -0.4 is 20.9 Å². The topological polar surface area (TPSA) is 105 Å². The number of fused-ring (bicyclic) bond motifs is 1. The van der Waals surface area contributed by atoms with Crippen LogP contribution in [-0.4, -0.2) is 42.0 Å². The Balaban J connectivity index is 1.72. The third-order valence-electron chi connectivity index (χ3n) is 6.27. The van der Waals surface area contributed by atoms with Gasteiger partial charge in [-0.2, -0.15) is 5.26 Å². The molecule has 3 aromatic rings. The van der Waals surface area contributed by atoms with Gasteiger partial charge in [0.15, 0.2) is 0 Å². The van der Waals surface area contributed by atoms with Gasteiger partial charge in [-0.05, 0) is 63.9 Å². The summed E-state index contributed by atoms with van der Waals surface area (Å²) in [6.45, 7) is 6.46. The molecule has 2 unspecified atom stereocenters. The molecule has 0 bridgehead atoms. The fourth-order valence-corrected chi connectivity index (χ4v) is 4.71. The molecule has 8 nitrogen and oxygen atoms in total. The SMILES string of the molecule is COc1ccc2c(=O)n(CC3CC(NC(=O)OC(C)(C)C)CCN3)c(C#N)c(-c3ccccc3)c2c1. The highest BCUT2D eigenvalue weighted by molar-refractivity contribution is 5.99. The molecule has 8 heteroatoms. The van der Waals surface area contributed by atoms with E-state index in [-0.39, 0.29) is 17.6 Å². The zero-order valence-electron chi connectivity index (χ0n) is 21.1. The van der Waals surface area contributed by atoms with E-state index in [0.717, 1.165) is 12.0 Å². The number of amides is 1. The summed E-state index contributed by atoms with van der Waals surface area (Å²) in [4.78, 5) is 25.9. The molecule has 2 N–H and O–H groups in total. The minimum absolute atomic E-state index is 0.0920. The number of aromatic nitrogens is 1. The van der Waals surface area contributed by atoms with E-state index in [0.29, 0.717) is 47.3 Å². The Bertz CT molecular complexity index is 1350. The van der Waals surface area contributed by atoms with Gasteiger partial charge in [0.2, 0.25) is 0 Å². The van der Waals surface area contributed by atoms with Gasteiger partial charge in [0.1, 0.15) is 23.1 Å². The lowest BCUT2D eigenvalue weighted by Crippen LogP contribution is -2.50. The van der Waals surface area contributed by atoms with Crippen molar-refractivity contribution >= 4 is 16.9 Å². The second kappa shape index (κ2) is 10.4. The molecule has 1 aliphatic rings. The number of carbonyl (C=O) groups is 1. The Morgan fingerprint density at radius 1 is 1.19 bits per heavy atom. The van der Waals surface area contributed by atoms with Crippen LogP contribution in [-0.2, 0) is 11.3 Å². The maximum absolute atomic E-state index is 13.6. The second-order valence-electron chi connectivity index (χ2n) is 10.0. The molecule has 1 aromatic heterocycles. The van der Waals surface area contributed by atoms with Crippen LogP contribution in [0.2, 0.25) is 0 Å². The summed E-state index contributed by atoms with van der Waals surface area (Å²) in [5.41, 5.74) is 1.05. The minimum atomic E-state index is -0.576. The molecule has 188 valence electrons. The van der Waals surface area contributed by atoms with Crippen LogP contribution in [0, 0.1) is 11.3 Å². The lowest BCUT2D eigenvalue weighted by Gasteiger charge is -2.32. The van der Waals surface area contributed by atoms with Crippen molar-refractivity contribution < 1.29 is 14.3 Å². The van der Waals surface area contributed by atoms with Crippen LogP contribution in [0.25, 0.3) is 21.9 Å². The van der Waals surface area contributed by atoms with E-state index in [9.17, 15) is 14.9 Å². The monoisotopic (exact) mass is 488 g/mol. The number of nitrogens with one attached hydrogen (secondary N) is 2. The van der Waals surface area contributed by atoms with Crippen molar-refractivity contribution in [1.82, 2.24) is 15.2 Å². The van der Waals surface area contributed by atoms with Crippen molar-refractivity contribution in [2.45, 2.75) is 57.8 Å². The van der Waals surface area contributed by atoms with Crippen molar-refractivity contribution in [1.29, 1.82) is 5.26 Å². The summed E-state index contributed by atoms with van der Waals surface area (Å²) >= 11 is 0. The zero-order chi connectivity index (χ0) is 25.9. The average Bonchev–Trinajstić information content (AvgIpc) is 2.84. The molecule has 1 fully saturated rings. The Hall–Kier alpha value is -3.83. The van der Waals surface area contributed by atoms with Gasteiger partial charge in [-0.25, -0.2) is 4.79 Å². The fraction of sp³-hybridized carbons (Fsp3) is 0.393. The van der Waals surface area contributed by atoms with Crippen LogP contribution in [0.5, 0.6) is 5.75 Å². The highest BCUT2D eigenvalue weighted by Crippen LogP contribution is 2.33. The molecule has 0 saturated carbocycles. The largest absolute Gasteiger partial charge is 0.497 e. The minimum Gasteiger partial charge on any atom is -0.497 e. The smallest absolute Gasteiger partial charge is 0.407 e. The number of hydrogen-bond donors (Lipinski definition) is 2. The molecule has 1 amide bonds. The molecule has 0 spiro atoms. The Morgan fingerprint density at radius 2 is 1.94 bits per heavy atom. The number of piperidine rings is 1. The second-order valence-corrected chi connectivity index (χ2v) is 10.0. The van der Waals surface area contributed by atoms with E-state index in [1.807, 2.05) is 57.2 Å². The Morgan fingerprint density at radius 3 is 2.61 bits per heavy atom. The third kappa shape index (κ3) is 5.52. The van der Waals surface area contributed by atoms with Crippen molar-refractivity contribution in [2.24, 2.45) is 0 Å². The first-order valence-electron chi connectivity index (χ1n) is 12.1. The standard InChI is InChI=1S/C28H32N4O4/c1-28(2,3)36-27(34)31-19-12-13-30-20(14-19)17-32-24(16-29)25(18-8-6-5-7-9-18)23-15-21(35-4)10-11-22(23)26(32)33/h5-11,15,19-20,30H,12-14,17H2,1-4H3,(H,31,34). The van der Waals surface area contributed by atoms with Gasteiger partial charge in [-0.3, -0.25) is 9.36 Å². The predicted molar refractivity (Wildman–Crippen MR) is 139 cm³/mol. The molecule has 2 aromatic carbocycles. The third-order valence-corrected chi connectivity index (χ3v) is 6.27. The summed E-state index contributed by atoms with van der Waals surface area (Å²) in [5, 5.41) is 17.8. The van der Waals surface area contributed by atoms with Crippen LogP contribution in [0.4, 0.5) is 4.79 Å². The van der Waals surface area contributed by atoms with E-state index in [1.54, 1.807) is 23.8 Å². The number of benzene rings is 2. The van der Waals surface area contributed by atoms with Crippen molar-refractivity contribution in [2.75, 3.05) is 13.7 Å². The summed E-state index contributed by atoms with van der Waals surface area (Å²) in [6, 6.07) is 17.0. The predicted octanol–water partition coefficient (Wildman–Crippen LogP) is 4.19. The lowest BCUT2D eigenvalue weighted by atomic mass is 9.95. The van der Waals surface area contributed by atoms with Crippen molar-refractivity contribution in [3.63, 3.8) is 0 Å². The van der Waals surface area contributed by atoms with Crippen molar-refractivity contribution in [3.8, 4) is 22.9 Å². The fourth-order valence-electron chi connectivity index (χ4n) is 4.71. The molecule has 4 rings (SSSR count). The summed E-state index contributed by atoms with van der Waals surface area (Å²) in [5.74, 6) is 0.616. The number of nitrogens with zero attached hydrogens (tertiary/aromatic N) is 2. The number of ether oxygens (including phenoxy) is 2. The number of pyridine rings is 1. The number of rotatable bonds is 5. The molecule has 36 heavy (non-hydrogen) atoms. The molecule has 2 atom stereocenters. The molecule has 2 heterocycles. The van der Waals surface area contributed by atoms with Gasteiger partial charge < -0.3 is 20.1 Å². The Kier molecular flexibility index (Phi) is 7.32.